The summed E-state index contributed by atoms with van der Waals surface area (Å²) >= 11 is 0. The lowest BCUT2D eigenvalue weighted by atomic mass is 10.2. The van der Waals surface area contributed by atoms with Crippen LogP contribution in [0.2, 0.25) is 0 Å². The van der Waals surface area contributed by atoms with Gasteiger partial charge in [0, 0.05) is 12.7 Å². The standard InChI is InChI=1S/C16H14N2O3S/c19-22(20,14-5-2-1-3-6-14)18-12-13-8-9-15(17-11-13)16-7-4-10-21-16/h1-11,18H,12H2. The second-order valence-corrected chi connectivity index (χ2v) is 6.43. The first kappa shape index (κ1) is 14.5. The number of hydrogen-bond acceptors (Lipinski definition) is 4. The fraction of sp³-hybridized carbons (Fsp3) is 0.0625. The Kier molecular flexibility index (Phi) is 4.04. The smallest absolute Gasteiger partial charge is 0.240 e. The Bertz CT molecular complexity index is 827. The van der Waals surface area contributed by atoms with E-state index < -0.39 is 10.0 Å². The number of nitrogens with zero attached hydrogens (tertiary/aromatic N) is 1. The van der Waals surface area contributed by atoms with Crippen molar-refractivity contribution in [2.75, 3.05) is 0 Å². The summed E-state index contributed by atoms with van der Waals surface area (Å²) in [7, 11) is -3.51. The van der Waals surface area contributed by atoms with Crippen LogP contribution in [0.3, 0.4) is 0 Å². The fourth-order valence-electron chi connectivity index (χ4n) is 1.96. The average Bonchev–Trinajstić information content (AvgIpc) is 3.09. The minimum Gasteiger partial charge on any atom is -0.463 e. The number of sulfonamides is 1. The minimum atomic E-state index is -3.51. The van der Waals surface area contributed by atoms with E-state index >= 15 is 0 Å². The molecule has 0 unspecified atom stereocenters. The molecule has 22 heavy (non-hydrogen) atoms. The molecule has 2 aromatic heterocycles. The molecular weight excluding hydrogens is 300 g/mol. The van der Waals surface area contributed by atoms with Gasteiger partial charge in [-0.1, -0.05) is 24.3 Å². The molecule has 0 amide bonds. The zero-order valence-corrected chi connectivity index (χ0v) is 12.5. The first-order valence-corrected chi connectivity index (χ1v) is 8.17. The van der Waals surface area contributed by atoms with Gasteiger partial charge in [-0.3, -0.25) is 4.98 Å². The summed E-state index contributed by atoms with van der Waals surface area (Å²) in [4.78, 5) is 4.51. The number of nitrogens with one attached hydrogen (secondary N) is 1. The van der Waals surface area contributed by atoms with E-state index in [-0.39, 0.29) is 11.4 Å². The molecular formula is C16H14N2O3S. The van der Waals surface area contributed by atoms with E-state index in [0.717, 1.165) is 5.56 Å². The summed E-state index contributed by atoms with van der Waals surface area (Å²) in [6.07, 6.45) is 3.21. The molecule has 0 saturated carbocycles. The Morgan fingerprint density at radius 2 is 1.82 bits per heavy atom. The number of hydrogen-bond donors (Lipinski definition) is 1. The summed E-state index contributed by atoms with van der Waals surface area (Å²) in [5.41, 5.74) is 1.48. The Morgan fingerprint density at radius 3 is 2.45 bits per heavy atom. The van der Waals surface area contributed by atoms with Crippen molar-refractivity contribution in [3.8, 4) is 11.5 Å². The lowest BCUT2D eigenvalue weighted by molar-refractivity contribution is 0.578. The van der Waals surface area contributed by atoms with Gasteiger partial charge in [0.05, 0.1) is 11.2 Å². The Balaban J connectivity index is 1.69. The average molecular weight is 314 g/mol. The molecule has 0 fully saturated rings. The molecule has 0 aliphatic rings. The SMILES string of the molecule is O=S(=O)(NCc1ccc(-c2ccco2)nc1)c1ccccc1. The first-order valence-electron chi connectivity index (χ1n) is 6.69. The third-order valence-electron chi connectivity index (χ3n) is 3.12. The van der Waals surface area contributed by atoms with Crippen molar-refractivity contribution in [1.82, 2.24) is 9.71 Å². The molecule has 1 aromatic carbocycles. The Morgan fingerprint density at radius 1 is 1.00 bits per heavy atom. The van der Waals surface area contributed by atoms with Gasteiger partial charge in [-0.15, -0.1) is 0 Å². The Hall–Kier alpha value is -2.44. The quantitative estimate of drug-likeness (QED) is 0.786. The molecule has 0 bridgehead atoms. The third-order valence-corrected chi connectivity index (χ3v) is 4.54. The zero-order valence-electron chi connectivity index (χ0n) is 11.6. The number of aromatic nitrogens is 1. The van der Waals surface area contributed by atoms with Crippen LogP contribution in [0, 0.1) is 0 Å². The predicted molar refractivity (Wildman–Crippen MR) is 82.4 cm³/mol. The van der Waals surface area contributed by atoms with Gasteiger partial charge in [-0.25, -0.2) is 13.1 Å². The summed E-state index contributed by atoms with van der Waals surface area (Å²) in [6, 6.07) is 15.5. The summed E-state index contributed by atoms with van der Waals surface area (Å²) < 4.78 is 32.0. The van der Waals surface area contributed by atoms with Crippen molar-refractivity contribution in [3.05, 3.63) is 72.6 Å². The molecule has 2 heterocycles. The van der Waals surface area contributed by atoms with Crippen LogP contribution in [0.25, 0.3) is 11.5 Å². The monoisotopic (exact) mass is 314 g/mol. The van der Waals surface area contributed by atoms with Gasteiger partial charge in [0.15, 0.2) is 5.76 Å². The molecule has 3 aromatic rings. The van der Waals surface area contributed by atoms with Crippen LogP contribution in [0.1, 0.15) is 5.56 Å². The lowest BCUT2D eigenvalue weighted by Crippen LogP contribution is -2.23. The van der Waals surface area contributed by atoms with E-state index in [0.29, 0.717) is 11.5 Å². The van der Waals surface area contributed by atoms with Crippen LogP contribution in [0.4, 0.5) is 0 Å². The van der Waals surface area contributed by atoms with Crippen molar-refractivity contribution in [2.45, 2.75) is 11.4 Å². The largest absolute Gasteiger partial charge is 0.463 e. The predicted octanol–water partition coefficient (Wildman–Crippen LogP) is 2.82. The highest BCUT2D eigenvalue weighted by Crippen LogP contribution is 2.17. The maximum atomic E-state index is 12.1. The summed E-state index contributed by atoms with van der Waals surface area (Å²) in [5.74, 6) is 0.677. The molecule has 0 radical (unpaired) electrons. The fourth-order valence-corrected chi connectivity index (χ4v) is 3.00. The van der Waals surface area contributed by atoms with Gasteiger partial charge < -0.3 is 4.42 Å². The van der Waals surface area contributed by atoms with E-state index in [4.69, 9.17) is 4.42 Å². The van der Waals surface area contributed by atoms with Gasteiger partial charge in [0.25, 0.3) is 0 Å². The highest BCUT2D eigenvalue weighted by molar-refractivity contribution is 7.89. The van der Waals surface area contributed by atoms with Crippen LogP contribution in [-0.2, 0) is 16.6 Å². The molecule has 0 aliphatic carbocycles. The van der Waals surface area contributed by atoms with Gasteiger partial charge >= 0.3 is 0 Å². The molecule has 1 N–H and O–H groups in total. The molecule has 0 atom stereocenters. The van der Waals surface area contributed by atoms with E-state index in [1.165, 1.54) is 0 Å². The van der Waals surface area contributed by atoms with Crippen LogP contribution in [-0.4, -0.2) is 13.4 Å². The Labute approximate surface area is 128 Å². The second-order valence-electron chi connectivity index (χ2n) is 4.67. The normalized spacial score (nSPS) is 11.5. The van der Waals surface area contributed by atoms with Crippen molar-refractivity contribution in [1.29, 1.82) is 0 Å². The van der Waals surface area contributed by atoms with Crippen molar-refractivity contribution >= 4 is 10.0 Å². The van der Waals surface area contributed by atoms with Crippen LogP contribution in [0.5, 0.6) is 0 Å². The van der Waals surface area contributed by atoms with Crippen molar-refractivity contribution in [3.63, 3.8) is 0 Å². The van der Waals surface area contributed by atoms with E-state index in [1.54, 1.807) is 54.9 Å². The van der Waals surface area contributed by atoms with E-state index in [2.05, 4.69) is 9.71 Å². The van der Waals surface area contributed by atoms with Gasteiger partial charge in [0.1, 0.15) is 5.69 Å². The van der Waals surface area contributed by atoms with Crippen LogP contribution >= 0.6 is 0 Å². The van der Waals surface area contributed by atoms with E-state index in [9.17, 15) is 8.42 Å². The number of benzene rings is 1. The molecule has 112 valence electrons. The second kappa shape index (κ2) is 6.13. The number of rotatable bonds is 5. The van der Waals surface area contributed by atoms with Gasteiger partial charge in [-0.05, 0) is 35.9 Å². The third kappa shape index (κ3) is 3.24. The topological polar surface area (TPSA) is 72.2 Å². The highest BCUT2D eigenvalue weighted by Gasteiger charge is 2.12. The van der Waals surface area contributed by atoms with Crippen molar-refractivity contribution < 1.29 is 12.8 Å². The molecule has 0 saturated heterocycles. The molecule has 6 heteroatoms. The van der Waals surface area contributed by atoms with Crippen LogP contribution in [0.15, 0.2) is 76.4 Å². The molecule has 5 nitrogen and oxygen atoms in total. The highest BCUT2D eigenvalue weighted by atomic mass is 32.2. The minimum absolute atomic E-state index is 0.183. The summed E-state index contributed by atoms with van der Waals surface area (Å²) in [5, 5.41) is 0. The number of furan rings is 1. The number of pyridine rings is 1. The molecule has 0 spiro atoms. The van der Waals surface area contributed by atoms with Crippen molar-refractivity contribution in [2.24, 2.45) is 0 Å². The van der Waals surface area contributed by atoms with Gasteiger partial charge in [0.2, 0.25) is 10.0 Å². The maximum absolute atomic E-state index is 12.1. The van der Waals surface area contributed by atoms with E-state index in [1.807, 2.05) is 12.1 Å². The van der Waals surface area contributed by atoms with Gasteiger partial charge in [-0.2, -0.15) is 0 Å². The lowest BCUT2D eigenvalue weighted by Gasteiger charge is -2.07. The first-order chi connectivity index (χ1) is 10.6. The zero-order chi connectivity index (χ0) is 15.4. The molecule has 0 aliphatic heterocycles. The molecule has 3 rings (SSSR count). The van der Waals surface area contributed by atoms with Crippen LogP contribution < -0.4 is 4.72 Å². The summed E-state index contributed by atoms with van der Waals surface area (Å²) in [6.45, 7) is 0.183. The maximum Gasteiger partial charge on any atom is 0.240 e.